The maximum atomic E-state index is 6.08. The summed E-state index contributed by atoms with van der Waals surface area (Å²) in [6.45, 7) is 0. The molecule has 8 heteroatoms. The summed E-state index contributed by atoms with van der Waals surface area (Å²) in [4.78, 5) is 12.9. The van der Waals surface area contributed by atoms with E-state index >= 15 is 0 Å². The molecule has 0 aliphatic heterocycles. The van der Waals surface area contributed by atoms with E-state index in [-0.39, 0.29) is 0 Å². The van der Waals surface area contributed by atoms with Crippen molar-refractivity contribution < 1.29 is 0 Å². The van der Waals surface area contributed by atoms with Crippen molar-refractivity contribution in [2.24, 2.45) is 10.1 Å². The Morgan fingerprint density at radius 1 is 1.13 bits per heavy atom. The average Bonchev–Trinajstić information content (AvgIpc) is 3.37. The zero-order valence-electron chi connectivity index (χ0n) is 16.0. The van der Waals surface area contributed by atoms with Crippen molar-refractivity contribution in [1.82, 2.24) is 14.6 Å². The zero-order valence-corrected chi connectivity index (χ0v) is 19.2. The molecule has 0 spiro atoms. The summed E-state index contributed by atoms with van der Waals surface area (Å²) in [7, 11) is 0. The Morgan fingerprint density at radius 2 is 2.00 bits per heavy atom. The molecule has 0 saturated carbocycles. The van der Waals surface area contributed by atoms with Crippen LogP contribution in [-0.4, -0.2) is 20.9 Å². The SMILES string of the molecule is Clc1ccc(-c2csc(=Nc3cccnc3)n2N=Cc2c[nH]c3ccc(Br)cc23)cc1. The molecule has 0 bridgehead atoms. The summed E-state index contributed by atoms with van der Waals surface area (Å²) in [5.74, 6) is 0. The summed E-state index contributed by atoms with van der Waals surface area (Å²) < 4.78 is 2.86. The lowest BCUT2D eigenvalue weighted by Crippen LogP contribution is -2.11. The van der Waals surface area contributed by atoms with E-state index in [9.17, 15) is 0 Å². The highest BCUT2D eigenvalue weighted by atomic mass is 79.9. The molecule has 1 N–H and O–H groups in total. The molecule has 152 valence electrons. The Labute approximate surface area is 195 Å². The number of nitrogens with one attached hydrogen (secondary N) is 1. The van der Waals surface area contributed by atoms with Crippen molar-refractivity contribution in [2.45, 2.75) is 0 Å². The van der Waals surface area contributed by atoms with Gasteiger partial charge in [-0.25, -0.2) is 9.67 Å². The lowest BCUT2D eigenvalue weighted by molar-refractivity contribution is 0.854. The number of hydrogen-bond acceptors (Lipinski definition) is 4. The van der Waals surface area contributed by atoms with Gasteiger partial charge < -0.3 is 4.98 Å². The third kappa shape index (κ3) is 4.25. The number of fused-ring (bicyclic) bond motifs is 1. The number of hydrogen-bond donors (Lipinski definition) is 1. The van der Waals surface area contributed by atoms with Gasteiger partial charge in [-0.3, -0.25) is 4.98 Å². The van der Waals surface area contributed by atoms with Crippen molar-refractivity contribution >= 4 is 61.7 Å². The summed E-state index contributed by atoms with van der Waals surface area (Å²) in [6, 6.07) is 17.6. The lowest BCUT2D eigenvalue weighted by Gasteiger charge is -2.04. The second-order valence-electron chi connectivity index (χ2n) is 6.72. The number of nitrogens with zero attached hydrogens (tertiary/aromatic N) is 4. The normalized spacial score (nSPS) is 12.3. The molecule has 5 nitrogen and oxygen atoms in total. The van der Waals surface area contributed by atoms with Gasteiger partial charge in [-0.15, -0.1) is 11.3 Å². The van der Waals surface area contributed by atoms with Crippen LogP contribution in [0, 0.1) is 0 Å². The number of pyridine rings is 1. The summed E-state index contributed by atoms with van der Waals surface area (Å²) in [6.07, 6.45) is 7.26. The molecular formula is C23H15BrClN5S. The van der Waals surface area contributed by atoms with Gasteiger partial charge in [0.05, 0.1) is 23.8 Å². The molecular weight excluding hydrogens is 494 g/mol. The summed E-state index contributed by atoms with van der Waals surface area (Å²) in [5.41, 5.74) is 4.75. The average molecular weight is 509 g/mol. The molecule has 0 atom stereocenters. The van der Waals surface area contributed by atoms with E-state index in [0.717, 1.165) is 42.7 Å². The second kappa shape index (κ2) is 8.63. The molecule has 0 aliphatic rings. The van der Waals surface area contributed by atoms with Crippen LogP contribution in [0.4, 0.5) is 5.69 Å². The van der Waals surface area contributed by atoms with Crippen LogP contribution in [0.2, 0.25) is 5.02 Å². The minimum absolute atomic E-state index is 0.693. The number of thiazole rings is 1. The molecule has 31 heavy (non-hydrogen) atoms. The Balaban J connectivity index is 1.65. The molecule has 2 aromatic carbocycles. The van der Waals surface area contributed by atoms with Crippen LogP contribution < -0.4 is 4.80 Å². The zero-order chi connectivity index (χ0) is 21.2. The monoisotopic (exact) mass is 507 g/mol. The number of halogens is 2. The van der Waals surface area contributed by atoms with Crippen LogP contribution >= 0.6 is 38.9 Å². The van der Waals surface area contributed by atoms with E-state index in [2.05, 4.69) is 32.0 Å². The summed E-state index contributed by atoms with van der Waals surface area (Å²) >= 11 is 11.1. The van der Waals surface area contributed by atoms with E-state index < -0.39 is 0 Å². The summed E-state index contributed by atoms with van der Waals surface area (Å²) in [5, 5.41) is 8.63. The maximum absolute atomic E-state index is 6.08. The predicted octanol–water partition coefficient (Wildman–Crippen LogP) is 6.62. The highest BCUT2D eigenvalue weighted by Crippen LogP contribution is 2.24. The Bertz CT molecular complexity index is 1450. The molecule has 0 aliphatic carbocycles. The van der Waals surface area contributed by atoms with E-state index in [1.54, 1.807) is 12.4 Å². The van der Waals surface area contributed by atoms with Crippen LogP contribution in [0.15, 0.2) is 93.1 Å². The number of rotatable bonds is 4. The molecule has 0 saturated heterocycles. The van der Waals surface area contributed by atoms with Crippen LogP contribution in [-0.2, 0) is 0 Å². The Morgan fingerprint density at radius 3 is 2.81 bits per heavy atom. The molecule has 0 unspecified atom stereocenters. The third-order valence-corrected chi connectivity index (χ3v) is 6.25. The first-order valence-corrected chi connectivity index (χ1v) is 11.4. The largest absolute Gasteiger partial charge is 0.361 e. The number of H-pyrrole nitrogens is 1. The third-order valence-electron chi connectivity index (χ3n) is 4.68. The van der Waals surface area contributed by atoms with Crippen molar-refractivity contribution in [1.29, 1.82) is 0 Å². The molecule has 5 aromatic rings. The molecule has 0 fully saturated rings. The van der Waals surface area contributed by atoms with Crippen LogP contribution in [0.25, 0.3) is 22.2 Å². The minimum Gasteiger partial charge on any atom is -0.361 e. The first-order valence-electron chi connectivity index (χ1n) is 9.39. The van der Waals surface area contributed by atoms with Crippen molar-refractivity contribution in [2.75, 3.05) is 0 Å². The topological polar surface area (TPSA) is 58.3 Å². The van der Waals surface area contributed by atoms with Gasteiger partial charge in [0.25, 0.3) is 0 Å². The van der Waals surface area contributed by atoms with Crippen molar-refractivity contribution in [3.63, 3.8) is 0 Å². The van der Waals surface area contributed by atoms with Gasteiger partial charge in [0.15, 0.2) is 0 Å². The standard InChI is InChI=1S/C23H15BrClN5S/c24-17-5-8-21-20(10-17)16(11-27-21)12-28-30-22(15-3-6-18(25)7-4-15)14-31-23(30)29-19-2-1-9-26-13-19/h1-14,27H. The van der Waals surface area contributed by atoms with Gasteiger partial charge in [0.2, 0.25) is 4.80 Å². The van der Waals surface area contributed by atoms with E-state index in [1.165, 1.54) is 11.3 Å². The van der Waals surface area contributed by atoms with Crippen LogP contribution in [0.3, 0.4) is 0 Å². The van der Waals surface area contributed by atoms with Gasteiger partial charge in [0, 0.05) is 49.3 Å². The fraction of sp³-hybridized carbons (Fsp3) is 0. The number of aromatic amines is 1. The van der Waals surface area contributed by atoms with Crippen LogP contribution in [0.5, 0.6) is 0 Å². The van der Waals surface area contributed by atoms with Gasteiger partial charge in [-0.2, -0.15) is 5.10 Å². The molecule has 5 rings (SSSR count). The van der Waals surface area contributed by atoms with Gasteiger partial charge in [0.1, 0.15) is 0 Å². The van der Waals surface area contributed by atoms with E-state index in [1.807, 2.05) is 71.0 Å². The number of benzene rings is 2. The molecule has 0 radical (unpaired) electrons. The minimum atomic E-state index is 0.693. The van der Waals surface area contributed by atoms with Crippen molar-refractivity contribution in [3.8, 4) is 11.3 Å². The van der Waals surface area contributed by atoms with Gasteiger partial charge >= 0.3 is 0 Å². The smallest absolute Gasteiger partial charge is 0.211 e. The Kier molecular flexibility index (Phi) is 5.55. The fourth-order valence-electron chi connectivity index (χ4n) is 3.18. The molecule has 0 amide bonds. The predicted molar refractivity (Wildman–Crippen MR) is 131 cm³/mol. The number of aromatic nitrogens is 3. The fourth-order valence-corrected chi connectivity index (χ4v) is 4.52. The first-order chi connectivity index (χ1) is 15.2. The Hall–Kier alpha value is -3.00. The highest BCUT2D eigenvalue weighted by Gasteiger charge is 2.09. The first kappa shape index (κ1) is 19.9. The quantitative estimate of drug-likeness (QED) is 0.272. The highest BCUT2D eigenvalue weighted by molar-refractivity contribution is 9.10. The lowest BCUT2D eigenvalue weighted by atomic mass is 10.2. The second-order valence-corrected chi connectivity index (χ2v) is 8.91. The van der Waals surface area contributed by atoms with Crippen LogP contribution in [0.1, 0.15) is 5.56 Å². The van der Waals surface area contributed by atoms with Crippen molar-refractivity contribution in [3.05, 3.63) is 98.4 Å². The van der Waals surface area contributed by atoms with Gasteiger partial charge in [-0.05, 0) is 42.5 Å². The van der Waals surface area contributed by atoms with E-state index in [4.69, 9.17) is 21.7 Å². The molecule has 3 aromatic heterocycles. The van der Waals surface area contributed by atoms with Gasteiger partial charge in [-0.1, -0.05) is 39.7 Å². The maximum Gasteiger partial charge on any atom is 0.211 e. The molecule has 3 heterocycles. The van der Waals surface area contributed by atoms with E-state index in [0.29, 0.717) is 5.02 Å².